The van der Waals surface area contributed by atoms with Crippen molar-refractivity contribution in [3.05, 3.63) is 16.1 Å². The fourth-order valence-electron chi connectivity index (χ4n) is 0.966. The second kappa shape index (κ2) is 4.01. The maximum Gasteiger partial charge on any atom is 0.0925 e. The van der Waals surface area contributed by atoms with E-state index in [2.05, 4.69) is 24.2 Å². The maximum absolute atomic E-state index is 5.78. The third-order valence-corrected chi connectivity index (χ3v) is 3.14. The third-order valence-electron chi connectivity index (χ3n) is 2.13. The van der Waals surface area contributed by atoms with Crippen LogP contribution in [0.25, 0.3) is 0 Å². The van der Waals surface area contributed by atoms with Crippen LogP contribution in [0.4, 0.5) is 0 Å². The van der Waals surface area contributed by atoms with Crippen molar-refractivity contribution < 1.29 is 0 Å². The van der Waals surface area contributed by atoms with Gasteiger partial charge < -0.3 is 5.73 Å². The van der Waals surface area contributed by atoms with Crippen LogP contribution in [-0.2, 0) is 6.42 Å². The molecule has 0 bridgehead atoms. The second-order valence-electron chi connectivity index (χ2n) is 3.17. The van der Waals surface area contributed by atoms with Gasteiger partial charge in [-0.05, 0) is 13.3 Å². The van der Waals surface area contributed by atoms with Crippen molar-refractivity contribution in [3.8, 4) is 0 Å². The largest absolute Gasteiger partial charge is 0.327 e. The summed E-state index contributed by atoms with van der Waals surface area (Å²) in [6.07, 6.45) is 1.02. The Labute approximate surface area is 77.8 Å². The van der Waals surface area contributed by atoms with E-state index in [9.17, 15) is 0 Å². The van der Waals surface area contributed by atoms with Gasteiger partial charge in [0, 0.05) is 17.3 Å². The summed E-state index contributed by atoms with van der Waals surface area (Å²) in [6, 6.07) is 0.191. The lowest BCUT2D eigenvalue weighted by atomic mass is 10.0. The Morgan fingerprint density at radius 3 is 2.67 bits per heavy atom. The zero-order valence-corrected chi connectivity index (χ0v) is 8.69. The van der Waals surface area contributed by atoms with Gasteiger partial charge in [-0.3, -0.25) is 0 Å². The molecule has 3 heteroatoms. The minimum absolute atomic E-state index is 0.191. The van der Waals surface area contributed by atoms with E-state index in [4.69, 9.17) is 5.73 Å². The van der Waals surface area contributed by atoms with E-state index in [-0.39, 0.29) is 6.04 Å². The molecule has 0 aliphatic heterocycles. The molecule has 0 spiro atoms. The fourth-order valence-corrected chi connectivity index (χ4v) is 1.81. The predicted octanol–water partition coefficient (Wildman–Crippen LogP) is 2.16. The molecule has 2 atom stereocenters. The number of thiazole rings is 1. The number of hydrogen-bond acceptors (Lipinski definition) is 3. The standard InChI is InChI=1S/C9H16N2S/c1-4-9-11-8(5-12-9)6(2)7(3)10/h5-7H,4,10H2,1-3H3. The Bertz CT molecular complexity index is 242. The van der Waals surface area contributed by atoms with E-state index < -0.39 is 0 Å². The molecule has 1 heterocycles. The average molecular weight is 184 g/mol. The molecule has 0 amide bonds. The lowest BCUT2D eigenvalue weighted by molar-refractivity contribution is 0.600. The number of nitrogens with zero attached hydrogens (tertiary/aromatic N) is 1. The summed E-state index contributed by atoms with van der Waals surface area (Å²) in [5.41, 5.74) is 6.93. The first-order valence-electron chi connectivity index (χ1n) is 4.35. The molecule has 68 valence electrons. The van der Waals surface area contributed by atoms with Crippen LogP contribution >= 0.6 is 11.3 Å². The topological polar surface area (TPSA) is 38.9 Å². The lowest BCUT2D eigenvalue weighted by Crippen LogP contribution is -2.22. The van der Waals surface area contributed by atoms with Crippen molar-refractivity contribution in [3.63, 3.8) is 0 Å². The molecule has 0 saturated heterocycles. The predicted molar refractivity (Wildman–Crippen MR) is 53.6 cm³/mol. The van der Waals surface area contributed by atoms with Crippen molar-refractivity contribution in [2.24, 2.45) is 5.73 Å². The Kier molecular flexibility index (Phi) is 3.23. The van der Waals surface area contributed by atoms with Crippen molar-refractivity contribution in [2.45, 2.75) is 39.2 Å². The molecule has 0 aromatic carbocycles. The highest BCUT2D eigenvalue weighted by Crippen LogP contribution is 2.20. The smallest absolute Gasteiger partial charge is 0.0925 e. The van der Waals surface area contributed by atoms with E-state index in [1.54, 1.807) is 11.3 Å². The van der Waals surface area contributed by atoms with E-state index in [1.165, 1.54) is 5.01 Å². The monoisotopic (exact) mass is 184 g/mol. The molecule has 0 aliphatic carbocycles. The van der Waals surface area contributed by atoms with Gasteiger partial charge in [0.2, 0.25) is 0 Å². The van der Waals surface area contributed by atoms with Gasteiger partial charge >= 0.3 is 0 Å². The quantitative estimate of drug-likeness (QED) is 0.781. The van der Waals surface area contributed by atoms with Crippen molar-refractivity contribution in [2.75, 3.05) is 0 Å². The number of rotatable bonds is 3. The van der Waals surface area contributed by atoms with Crippen molar-refractivity contribution >= 4 is 11.3 Å². The maximum atomic E-state index is 5.78. The summed E-state index contributed by atoms with van der Waals surface area (Å²) in [7, 11) is 0. The summed E-state index contributed by atoms with van der Waals surface area (Å²) in [4.78, 5) is 4.49. The van der Waals surface area contributed by atoms with E-state index in [0.717, 1.165) is 12.1 Å². The number of aryl methyl sites for hydroxylation is 1. The number of aromatic nitrogens is 1. The first-order chi connectivity index (χ1) is 5.65. The summed E-state index contributed by atoms with van der Waals surface area (Å²) in [6.45, 7) is 6.27. The van der Waals surface area contributed by atoms with Crippen LogP contribution in [0.2, 0.25) is 0 Å². The van der Waals surface area contributed by atoms with Gasteiger partial charge in [0.15, 0.2) is 0 Å². The van der Waals surface area contributed by atoms with Gasteiger partial charge in [-0.2, -0.15) is 0 Å². The first kappa shape index (κ1) is 9.68. The zero-order valence-electron chi connectivity index (χ0n) is 7.87. The highest BCUT2D eigenvalue weighted by atomic mass is 32.1. The van der Waals surface area contributed by atoms with E-state index >= 15 is 0 Å². The molecular formula is C9H16N2S. The van der Waals surface area contributed by atoms with Crippen LogP contribution < -0.4 is 5.73 Å². The van der Waals surface area contributed by atoms with E-state index in [1.807, 2.05) is 6.92 Å². The normalized spacial score (nSPS) is 16.0. The molecule has 0 saturated carbocycles. The minimum Gasteiger partial charge on any atom is -0.327 e. The molecule has 1 aromatic heterocycles. The summed E-state index contributed by atoms with van der Waals surface area (Å²) in [5, 5.41) is 3.32. The summed E-state index contributed by atoms with van der Waals surface area (Å²) >= 11 is 1.73. The highest BCUT2D eigenvalue weighted by molar-refractivity contribution is 7.09. The molecule has 12 heavy (non-hydrogen) atoms. The van der Waals surface area contributed by atoms with Crippen LogP contribution in [0.1, 0.15) is 37.4 Å². The minimum atomic E-state index is 0.191. The van der Waals surface area contributed by atoms with Gasteiger partial charge in [-0.25, -0.2) is 4.98 Å². The third kappa shape index (κ3) is 2.05. The molecule has 0 aliphatic rings. The number of hydrogen-bond donors (Lipinski definition) is 1. The SMILES string of the molecule is CCc1nc(C(C)C(C)N)cs1. The van der Waals surface area contributed by atoms with Gasteiger partial charge in [0.1, 0.15) is 0 Å². The summed E-state index contributed by atoms with van der Waals surface area (Å²) in [5.74, 6) is 0.376. The van der Waals surface area contributed by atoms with Crippen LogP contribution in [0.3, 0.4) is 0 Å². The van der Waals surface area contributed by atoms with Gasteiger partial charge in [-0.1, -0.05) is 13.8 Å². The molecule has 2 unspecified atom stereocenters. The Balaban J connectivity index is 2.74. The van der Waals surface area contributed by atoms with Gasteiger partial charge in [0.05, 0.1) is 10.7 Å². The van der Waals surface area contributed by atoms with Gasteiger partial charge in [0.25, 0.3) is 0 Å². The lowest BCUT2D eigenvalue weighted by Gasteiger charge is -2.11. The van der Waals surface area contributed by atoms with Gasteiger partial charge in [-0.15, -0.1) is 11.3 Å². The molecule has 1 rings (SSSR count). The molecule has 2 N–H and O–H groups in total. The fraction of sp³-hybridized carbons (Fsp3) is 0.667. The second-order valence-corrected chi connectivity index (χ2v) is 4.11. The molecule has 0 fully saturated rings. The number of nitrogens with two attached hydrogens (primary N) is 1. The Morgan fingerprint density at radius 1 is 1.58 bits per heavy atom. The summed E-state index contributed by atoms with van der Waals surface area (Å²) < 4.78 is 0. The molecule has 0 radical (unpaired) electrons. The van der Waals surface area contributed by atoms with Crippen LogP contribution in [-0.4, -0.2) is 11.0 Å². The zero-order chi connectivity index (χ0) is 9.14. The van der Waals surface area contributed by atoms with Crippen molar-refractivity contribution in [1.29, 1.82) is 0 Å². The van der Waals surface area contributed by atoms with Crippen LogP contribution in [0.5, 0.6) is 0 Å². The highest BCUT2D eigenvalue weighted by Gasteiger charge is 2.12. The average Bonchev–Trinajstić information content (AvgIpc) is 2.50. The van der Waals surface area contributed by atoms with Crippen molar-refractivity contribution in [1.82, 2.24) is 4.98 Å². The molecular weight excluding hydrogens is 168 g/mol. The first-order valence-corrected chi connectivity index (χ1v) is 5.23. The Morgan fingerprint density at radius 2 is 2.25 bits per heavy atom. The van der Waals surface area contributed by atoms with E-state index in [0.29, 0.717) is 5.92 Å². The molecule has 2 nitrogen and oxygen atoms in total. The van der Waals surface area contributed by atoms with Crippen LogP contribution in [0, 0.1) is 0 Å². The molecule has 1 aromatic rings. The Hall–Kier alpha value is -0.410. The van der Waals surface area contributed by atoms with Crippen LogP contribution in [0.15, 0.2) is 5.38 Å².